The second-order valence-corrected chi connectivity index (χ2v) is 9.94. The van der Waals surface area contributed by atoms with Gasteiger partial charge in [0.2, 0.25) is 0 Å². The van der Waals surface area contributed by atoms with E-state index in [1.54, 1.807) is 4.90 Å². The lowest BCUT2D eigenvalue weighted by Gasteiger charge is -2.32. The molecule has 2 aliphatic heterocycles. The Kier molecular flexibility index (Phi) is 5.94. The zero-order chi connectivity index (χ0) is 21.4. The molecule has 2 fully saturated rings. The summed E-state index contributed by atoms with van der Waals surface area (Å²) in [4.78, 5) is 14.2. The van der Waals surface area contributed by atoms with Crippen molar-refractivity contribution in [3.05, 3.63) is 24.3 Å². The van der Waals surface area contributed by atoms with E-state index in [0.29, 0.717) is 13.2 Å². The van der Waals surface area contributed by atoms with Crippen molar-refractivity contribution in [3.63, 3.8) is 0 Å². The number of benzene rings is 1. The lowest BCUT2D eigenvalue weighted by molar-refractivity contribution is 0.00578. The van der Waals surface area contributed by atoms with Gasteiger partial charge in [0, 0.05) is 6.54 Å². The van der Waals surface area contributed by atoms with Gasteiger partial charge in [0.25, 0.3) is 0 Å². The Hall–Kier alpha value is -1.73. The van der Waals surface area contributed by atoms with Gasteiger partial charge in [-0.05, 0) is 78.9 Å². The van der Waals surface area contributed by atoms with E-state index in [1.165, 1.54) is 0 Å². The van der Waals surface area contributed by atoms with Crippen LogP contribution in [0.3, 0.4) is 0 Å². The molecule has 7 heteroatoms. The number of amides is 1. The third-order valence-electron chi connectivity index (χ3n) is 5.83. The van der Waals surface area contributed by atoms with Crippen LogP contribution in [-0.4, -0.2) is 54.1 Å². The highest BCUT2D eigenvalue weighted by atomic mass is 16.7. The minimum absolute atomic E-state index is 0.0188. The van der Waals surface area contributed by atoms with Crippen LogP contribution in [0.2, 0.25) is 0 Å². The summed E-state index contributed by atoms with van der Waals surface area (Å²) >= 11 is 0. The topological polar surface area (TPSA) is 57.2 Å². The molecular weight excluding hydrogens is 369 g/mol. The van der Waals surface area contributed by atoms with Crippen LogP contribution < -0.4 is 10.2 Å². The molecule has 160 valence electrons. The van der Waals surface area contributed by atoms with Crippen molar-refractivity contribution in [2.45, 2.75) is 84.2 Å². The van der Waals surface area contributed by atoms with Gasteiger partial charge in [-0.3, -0.25) is 0 Å². The minimum Gasteiger partial charge on any atom is -0.491 e. The van der Waals surface area contributed by atoms with E-state index in [2.05, 4.69) is 0 Å². The predicted octanol–water partition coefficient (Wildman–Crippen LogP) is 3.76. The third kappa shape index (κ3) is 5.07. The smallest absolute Gasteiger partial charge is 0.491 e. The van der Waals surface area contributed by atoms with Crippen LogP contribution in [-0.2, 0) is 14.0 Å². The number of hydrogen-bond donors (Lipinski definition) is 0. The SMILES string of the molecule is CC(C)(C)OC(=O)N1CCC[C@H]1COc1cccc(B2OC(C)(C)C(C)(C)O2)c1. The monoisotopic (exact) mass is 403 g/mol. The molecule has 3 rings (SSSR count). The van der Waals surface area contributed by atoms with Gasteiger partial charge in [-0.2, -0.15) is 0 Å². The lowest BCUT2D eigenvalue weighted by atomic mass is 9.79. The van der Waals surface area contributed by atoms with Gasteiger partial charge in [-0.1, -0.05) is 12.1 Å². The van der Waals surface area contributed by atoms with Crippen LogP contribution in [0.5, 0.6) is 5.75 Å². The lowest BCUT2D eigenvalue weighted by Crippen LogP contribution is -2.42. The second kappa shape index (κ2) is 7.84. The molecule has 29 heavy (non-hydrogen) atoms. The molecule has 0 saturated carbocycles. The summed E-state index contributed by atoms with van der Waals surface area (Å²) in [6.07, 6.45) is 1.60. The molecule has 6 nitrogen and oxygen atoms in total. The molecule has 1 aromatic rings. The number of carbonyl (C=O) groups is 1. The van der Waals surface area contributed by atoms with E-state index in [-0.39, 0.29) is 23.3 Å². The van der Waals surface area contributed by atoms with Crippen molar-refractivity contribution < 1.29 is 23.6 Å². The molecule has 0 unspecified atom stereocenters. The zero-order valence-corrected chi connectivity index (χ0v) is 18.8. The van der Waals surface area contributed by atoms with Crippen molar-refractivity contribution in [1.82, 2.24) is 4.90 Å². The van der Waals surface area contributed by atoms with E-state index < -0.39 is 12.7 Å². The first-order chi connectivity index (χ1) is 13.4. The first kappa shape index (κ1) is 22.0. The Balaban J connectivity index is 1.62. The Morgan fingerprint density at radius 2 is 1.86 bits per heavy atom. The summed E-state index contributed by atoms with van der Waals surface area (Å²) in [6, 6.07) is 7.81. The molecule has 2 heterocycles. The summed E-state index contributed by atoms with van der Waals surface area (Å²) in [5, 5.41) is 0. The van der Waals surface area contributed by atoms with Crippen molar-refractivity contribution in [2.24, 2.45) is 0 Å². The van der Waals surface area contributed by atoms with Crippen molar-refractivity contribution in [2.75, 3.05) is 13.2 Å². The molecule has 2 saturated heterocycles. The number of nitrogens with zero attached hydrogens (tertiary/aromatic N) is 1. The van der Waals surface area contributed by atoms with Crippen molar-refractivity contribution in [1.29, 1.82) is 0 Å². The summed E-state index contributed by atoms with van der Waals surface area (Å²) in [5.74, 6) is 0.744. The second-order valence-electron chi connectivity index (χ2n) is 9.94. The molecule has 1 atom stereocenters. The quantitative estimate of drug-likeness (QED) is 0.717. The summed E-state index contributed by atoms with van der Waals surface area (Å²) in [6.45, 7) is 15.0. The Morgan fingerprint density at radius 3 is 2.48 bits per heavy atom. The summed E-state index contributed by atoms with van der Waals surface area (Å²) in [5.41, 5.74) is -0.336. The Bertz CT molecular complexity index is 727. The first-order valence-corrected chi connectivity index (χ1v) is 10.5. The highest BCUT2D eigenvalue weighted by Crippen LogP contribution is 2.36. The van der Waals surface area contributed by atoms with Gasteiger partial charge >= 0.3 is 13.2 Å². The van der Waals surface area contributed by atoms with Crippen LogP contribution in [0.1, 0.15) is 61.3 Å². The van der Waals surface area contributed by atoms with Gasteiger partial charge in [-0.15, -0.1) is 0 Å². The van der Waals surface area contributed by atoms with Gasteiger partial charge in [0.15, 0.2) is 0 Å². The van der Waals surface area contributed by atoms with Crippen LogP contribution in [0.15, 0.2) is 24.3 Å². The normalized spacial score (nSPS) is 23.3. The maximum absolute atomic E-state index is 12.4. The minimum atomic E-state index is -0.498. The summed E-state index contributed by atoms with van der Waals surface area (Å²) in [7, 11) is -0.423. The molecule has 0 radical (unpaired) electrons. The molecule has 0 N–H and O–H groups in total. The first-order valence-electron chi connectivity index (χ1n) is 10.5. The van der Waals surface area contributed by atoms with E-state index in [9.17, 15) is 4.79 Å². The Morgan fingerprint density at radius 1 is 1.21 bits per heavy atom. The third-order valence-corrected chi connectivity index (χ3v) is 5.83. The maximum atomic E-state index is 12.4. The molecule has 0 bridgehead atoms. The number of hydrogen-bond acceptors (Lipinski definition) is 5. The van der Waals surface area contributed by atoms with Crippen molar-refractivity contribution >= 4 is 18.7 Å². The van der Waals surface area contributed by atoms with Crippen LogP contribution >= 0.6 is 0 Å². The molecule has 1 amide bonds. The highest BCUT2D eigenvalue weighted by Gasteiger charge is 2.51. The van der Waals surface area contributed by atoms with Gasteiger partial charge in [-0.25, -0.2) is 4.79 Å². The van der Waals surface area contributed by atoms with E-state index in [0.717, 1.165) is 24.1 Å². The maximum Gasteiger partial charge on any atom is 0.494 e. The van der Waals surface area contributed by atoms with E-state index in [1.807, 2.05) is 72.7 Å². The fourth-order valence-electron chi connectivity index (χ4n) is 3.49. The predicted molar refractivity (Wildman–Crippen MR) is 114 cm³/mol. The fraction of sp³-hybridized carbons (Fsp3) is 0.682. The number of likely N-dealkylation sites (tertiary alicyclic amines) is 1. The molecule has 1 aromatic carbocycles. The molecular formula is C22H34BNO5. The molecule has 0 aromatic heterocycles. The molecule has 0 spiro atoms. The largest absolute Gasteiger partial charge is 0.494 e. The van der Waals surface area contributed by atoms with E-state index in [4.69, 9.17) is 18.8 Å². The summed E-state index contributed by atoms with van der Waals surface area (Å²) < 4.78 is 23.8. The van der Waals surface area contributed by atoms with E-state index >= 15 is 0 Å². The number of rotatable bonds is 4. The highest BCUT2D eigenvalue weighted by molar-refractivity contribution is 6.62. The van der Waals surface area contributed by atoms with Gasteiger partial charge in [0.1, 0.15) is 18.0 Å². The molecule has 0 aliphatic carbocycles. The number of ether oxygens (including phenoxy) is 2. The van der Waals surface area contributed by atoms with Crippen LogP contribution in [0.4, 0.5) is 4.79 Å². The van der Waals surface area contributed by atoms with Crippen LogP contribution in [0.25, 0.3) is 0 Å². The van der Waals surface area contributed by atoms with Gasteiger partial charge in [0.05, 0.1) is 17.2 Å². The van der Waals surface area contributed by atoms with Crippen LogP contribution in [0, 0.1) is 0 Å². The standard InChI is InChI=1S/C22H34BNO5/c1-20(2,3)27-19(25)24-13-9-11-17(24)15-26-18-12-8-10-16(14-18)23-28-21(4,5)22(6,7)29-23/h8,10,12,14,17H,9,11,13,15H2,1-7H3/t17-/m0/s1. The average Bonchev–Trinajstić information content (AvgIpc) is 3.14. The fourth-order valence-corrected chi connectivity index (χ4v) is 3.49. The van der Waals surface area contributed by atoms with Crippen molar-refractivity contribution in [3.8, 4) is 5.75 Å². The zero-order valence-electron chi connectivity index (χ0n) is 18.8. The Labute approximate surface area is 175 Å². The molecule has 2 aliphatic rings. The average molecular weight is 403 g/mol. The number of carbonyl (C=O) groups excluding carboxylic acids is 1. The van der Waals surface area contributed by atoms with Gasteiger partial charge < -0.3 is 23.7 Å².